The van der Waals surface area contributed by atoms with Crippen LogP contribution in [0.3, 0.4) is 0 Å². The summed E-state index contributed by atoms with van der Waals surface area (Å²) in [5.74, 6) is 1.61. The Labute approximate surface area is 91.4 Å². The maximum atomic E-state index is 5.51. The van der Waals surface area contributed by atoms with Gasteiger partial charge in [-0.2, -0.15) is 0 Å². The summed E-state index contributed by atoms with van der Waals surface area (Å²) in [6, 6.07) is 5.90. The van der Waals surface area contributed by atoms with Gasteiger partial charge in [0.2, 0.25) is 0 Å². The fraction of sp³-hybridized carbons (Fsp3) is 0.500. The highest BCUT2D eigenvalue weighted by atomic mass is 16.5. The second-order valence-electron chi connectivity index (χ2n) is 3.06. The molecule has 1 rings (SSSR count). The molecule has 0 spiro atoms. The number of nitrogens with one attached hydrogen (secondary N) is 1. The minimum absolute atomic E-state index is 0.648. The molecule has 0 saturated carbocycles. The number of hydrogen-bond acceptors (Lipinski definition) is 3. The zero-order valence-corrected chi connectivity index (χ0v) is 9.67. The van der Waals surface area contributed by atoms with Crippen molar-refractivity contribution in [2.45, 2.75) is 20.8 Å². The van der Waals surface area contributed by atoms with E-state index in [9.17, 15) is 0 Å². The predicted molar refractivity (Wildman–Crippen MR) is 62.9 cm³/mol. The normalized spacial score (nSPS) is 9.80. The molecular formula is C12H19NO2. The molecule has 0 bridgehead atoms. The van der Waals surface area contributed by atoms with Gasteiger partial charge >= 0.3 is 0 Å². The minimum atomic E-state index is 0.648. The highest BCUT2D eigenvalue weighted by molar-refractivity contribution is 5.54. The zero-order valence-electron chi connectivity index (χ0n) is 9.67. The molecule has 0 aliphatic rings. The van der Waals surface area contributed by atoms with E-state index in [2.05, 4.69) is 12.2 Å². The van der Waals surface area contributed by atoms with E-state index in [4.69, 9.17) is 9.47 Å². The predicted octanol–water partition coefficient (Wildman–Crippen LogP) is 2.92. The number of hydrogen-bond donors (Lipinski definition) is 1. The van der Waals surface area contributed by atoms with Crippen LogP contribution in [0.25, 0.3) is 0 Å². The van der Waals surface area contributed by atoms with E-state index in [1.165, 1.54) is 0 Å². The van der Waals surface area contributed by atoms with Crippen LogP contribution in [0.4, 0.5) is 5.69 Å². The van der Waals surface area contributed by atoms with E-state index >= 15 is 0 Å². The lowest BCUT2D eigenvalue weighted by molar-refractivity contribution is 0.288. The maximum Gasteiger partial charge on any atom is 0.163 e. The molecule has 0 radical (unpaired) electrons. The fourth-order valence-electron chi connectivity index (χ4n) is 1.37. The van der Waals surface area contributed by atoms with Crippen molar-refractivity contribution >= 4 is 5.69 Å². The smallest absolute Gasteiger partial charge is 0.163 e. The average molecular weight is 209 g/mol. The van der Waals surface area contributed by atoms with Crippen molar-refractivity contribution < 1.29 is 9.47 Å². The van der Waals surface area contributed by atoms with E-state index in [0.717, 1.165) is 23.7 Å². The van der Waals surface area contributed by atoms with Gasteiger partial charge in [0.15, 0.2) is 11.5 Å². The lowest BCUT2D eigenvalue weighted by Gasteiger charge is -2.12. The summed E-state index contributed by atoms with van der Waals surface area (Å²) in [5, 5.41) is 3.24. The number of ether oxygens (including phenoxy) is 2. The van der Waals surface area contributed by atoms with Crippen molar-refractivity contribution in [2.75, 3.05) is 25.1 Å². The largest absolute Gasteiger partial charge is 0.490 e. The molecule has 0 heterocycles. The molecule has 15 heavy (non-hydrogen) atoms. The van der Waals surface area contributed by atoms with Crippen LogP contribution in [0.15, 0.2) is 18.2 Å². The van der Waals surface area contributed by atoms with E-state index in [-0.39, 0.29) is 0 Å². The SMILES string of the molecule is CCNc1ccc(OCC)c(OCC)c1. The summed E-state index contributed by atoms with van der Waals surface area (Å²) in [6.07, 6.45) is 0. The second-order valence-corrected chi connectivity index (χ2v) is 3.06. The molecular weight excluding hydrogens is 190 g/mol. The number of anilines is 1. The molecule has 0 fully saturated rings. The van der Waals surface area contributed by atoms with Gasteiger partial charge in [-0.1, -0.05) is 0 Å². The van der Waals surface area contributed by atoms with Gasteiger partial charge in [-0.05, 0) is 32.9 Å². The first-order chi connectivity index (χ1) is 7.31. The fourth-order valence-corrected chi connectivity index (χ4v) is 1.37. The van der Waals surface area contributed by atoms with Gasteiger partial charge in [-0.15, -0.1) is 0 Å². The van der Waals surface area contributed by atoms with Gasteiger partial charge in [-0.3, -0.25) is 0 Å². The highest BCUT2D eigenvalue weighted by Crippen LogP contribution is 2.30. The Balaban J connectivity index is 2.87. The molecule has 84 valence electrons. The molecule has 0 amide bonds. The Morgan fingerprint density at radius 3 is 2.27 bits per heavy atom. The molecule has 0 aliphatic heterocycles. The molecule has 0 unspecified atom stereocenters. The van der Waals surface area contributed by atoms with Crippen LogP contribution in [-0.2, 0) is 0 Å². The lowest BCUT2D eigenvalue weighted by Crippen LogP contribution is -2.01. The lowest BCUT2D eigenvalue weighted by atomic mass is 10.2. The van der Waals surface area contributed by atoms with E-state index in [1.54, 1.807) is 0 Å². The van der Waals surface area contributed by atoms with E-state index < -0.39 is 0 Å². The Kier molecular flexibility index (Phi) is 4.81. The van der Waals surface area contributed by atoms with E-state index in [0.29, 0.717) is 13.2 Å². The van der Waals surface area contributed by atoms with Gasteiger partial charge in [0, 0.05) is 18.3 Å². The number of rotatable bonds is 6. The Morgan fingerprint density at radius 2 is 1.67 bits per heavy atom. The Bertz CT molecular complexity index is 300. The van der Waals surface area contributed by atoms with Gasteiger partial charge in [-0.25, -0.2) is 0 Å². The van der Waals surface area contributed by atoms with Crippen LogP contribution in [0.5, 0.6) is 11.5 Å². The molecule has 1 N–H and O–H groups in total. The summed E-state index contributed by atoms with van der Waals surface area (Å²) in [7, 11) is 0. The summed E-state index contributed by atoms with van der Waals surface area (Å²) < 4.78 is 11.0. The monoisotopic (exact) mass is 209 g/mol. The standard InChI is InChI=1S/C12H19NO2/c1-4-13-10-7-8-11(14-5-2)12(9-10)15-6-3/h7-9,13H,4-6H2,1-3H3. The van der Waals surface area contributed by atoms with Crippen LogP contribution < -0.4 is 14.8 Å². The minimum Gasteiger partial charge on any atom is -0.490 e. The van der Waals surface area contributed by atoms with Gasteiger partial charge in [0.1, 0.15) is 0 Å². The third-order valence-corrected chi connectivity index (χ3v) is 1.92. The van der Waals surface area contributed by atoms with Crippen LogP contribution in [0.2, 0.25) is 0 Å². The second kappa shape index (κ2) is 6.17. The van der Waals surface area contributed by atoms with Crippen molar-refractivity contribution in [2.24, 2.45) is 0 Å². The van der Waals surface area contributed by atoms with Gasteiger partial charge < -0.3 is 14.8 Å². The van der Waals surface area contributed by atoms with Crippen molar-refractivity contribution in [3.63, 3.8) is 0 Å². The molecule has 1 aromatic carbocycles. The van der Waals surface area contributed by atoms with Crippen molar-refractivity contribution in [1.29, 1.82) is 0 Å². The van der Waals surface area contributed by atoms with Crippen LogP contribution in [-0.4, -0.2) is 19.8 Å². The molecule has 3 nitrogen and oxygen atoms in total. The molecule has 0 aromatic heterocycles. The van der Waals surface area contributed by atoms with Crippen molar-refractivity contribution in [3.8, 4) is 11.5 Å². The zero-order chi connectivity index (χ0) is 11.1. The Hall–Kier alpha value is -1.38. The summed E-state index contributed by atoms with van der Waals surface area (Å²) in [4.78, 5) is 0. The topological polar surface area (TPSA) is 30.5 Å². The highest BCUT2D eigenvalue weighted by Gasteiger charge is 2.05. The summed E-state index contributed by atoms with van der Waals surface area (Å²) >= 11 is 0. The molecule has 0 aliphatic carbocycles. The third kappa shape index (κ3) is 3.35. The molecule has 0 saturated heterocycles. The van der Waals surface area contributed by atoms with Crippen LogP contribution >= 0.6 is 0 Å². The average Bonchev–Trinajstić information content (AvgIpc) is 2.23. The van der Waals surface area contributed by atoms with Gasteiger partial charge in [0.25, 0.3) is 0 Å². The van der Waals surface area contributed by atoms with Crippen LogP contribution in [0, 0.1) is 0 Å². The third-order valence-electron chi connectivity index (χ3n) is 1.92. The number of benzene rings is 1. The quantitative estimate of drug-likeness (QED) is 0.781. The summed E-state index contributed by atoms with van der Waals surface area (Å²) in [6.45, 7) is 8.20. The Morgan fingerprint density at radius 1 is 1.00 bits per heavy atom. The first-order valence-corrected chi connectivity index (χ1v) is 5.45. The van der Waals surface area contributed by atoms with Crippen LogP contribution in [0.1, 0.15) is 20.8 Å². The first kappa shape index (κ1) is 11.7. The molecule has 3 heteroatoms. The maximum absolute atomic E-state index is 5.51. The van der Waals surface area contributed by atoms with Gasteiger partial charge in [0.05, 0.1) is 13.2 Å². The molecule has 1 aromatic rings. The summed E-state index contributed by atoms with van der Waals surface area (Å²) in [5.41, 5.74) is 1.06. The van der Waals surface area contributed by atoms with Crippen molar-refractivity contribution in [1.82, 2.24) is 0 Å². The van der Waals surface area contributed by atoms with E-state index in [1.807, 2.05) is 32.0 Å². The first-order valence-electron chi connectivity index (χ1n) is 5.45. The molecule has 0 atom stereocenters. The van der Waals surface area contributed by atoms with Crippen molar-refractivity contribution in [3.05, 3.63) is 18.2 Å².